The van der Waals surface area contributed by atoms with Crippen LogP contribution in [0.2, 0.25) is 0 Å². The maximum Gasteiger partial charge on any atom is 0.256 e. The van der Waals surface area contributed by atoms with E-state index in [1.165, 1.54) is 4.90 Å². The summed E-state index contributed by atoms with van der Waals surface area (Å²) in [5, 5.41) is 0. The number of carbonyl (C=O) groups is 1. The smallest absolute Gasteiger partial charge is 0.256 e. The number of benzene rings is 1. The van der Waals surface area contributed by atoms with E-state index in [4.69, 9.17) is 11.6 Å². The highest BCUT2D eigenvalue weighted by Gasteiger charge is 2.27. The van der Waals surface area contributed by atoms with Crippen LogP contribution in [0.4, 0.5) is 13.2 Å². The molecule has 0 spiro atoms. The second-order valence-electron chi connectivity index (χ2n) is 4.64. The molecule has 2 nitrogen and oxygen atoms in total. The second kappa shape index (κ2) is 5.82. The molecule has 1 heterocycles. The monoisotopic (exact) mass is 291 g/mol. The Morgan fingerprint density at radius 1 is 1.32 bits per heavy atom. The van der Waals surface area contributed by atoms with E-state index in [1.807, 2.05) is 0 Å². The van der Waals surface area contributed by atoms with Gasteiger partial charge in [0.25, 0.3) is 5.91 Å². The Bertz CT molecular complexity index is 495. The van der Waals surface area contributed by atoms with Crippen LogP contribution < -0.4 is 0 Å². The molecule has 1 unspecified atom stereocenters. The second-order valence-corrected chi connectivity index (χ2v) is 4.95. The van der Waals surface area contributed by atoms with Crippen molar-refractivity contribution >= 4 is 17.5 Å². The first-order chi connectivity index (χ1) is 9.04. The third-order valence-corrected chi connectivity index (χ3v) is 3.73. The van der Waals surface area contributed by atoms with Crippen molar-refractivity contribution in [2.24, 2.45) is 5.92 Å². The summed E-state index contributed by atoms with van der Waals surface area (Å²) in [6.07, 6.45) is 1.68. The van der Waals surface area contributed by atoms with Gasteiger partial charge in [0.05, 0.1) is 5.56 Å². The number of piperidine rings is 1. The summed E-state index contributed by atoms with van der Waals surface area (Å²) in [4.78, 5) is 13.5. The summed E-state index contributed by atoms with van der Waals surface area (Å²) in [6.45, 7) is 0.894. The number of hydrogen-bond acceptors (Lipinski definition) is 1. The molecular weight excluding hydrogens is 279 g/mol. The van der Waals surface area contributed by atoms with E-state index in [9.17, 15) is 18.0 Å². The minimum atomic E-state index is -1.61. The van der Waals surface area contributed by atoms with Gasteiger partial charge in [-0.2, -0.15) is 0 Å². The van der Waals surface area contributed by atoms with E-state index in [1.54, 1.807) is 0 Å². The Morgan fingerprint density at radius 2 is 2.05 bits per heavy atom. The average molecular weight is 292 g/mol. The molecule has 0 N–H and O–H groups in total. The van der Waals surface area contributed by atoms with Gasteiger partial charge in [0.2, 0.25) is 0 Å². The van der Waals surface area contributed by atoms with Crippen LogP contribution in [0.25, 0.3) is 0 Å². The predicted octanol–water partition coefficient (Wildman–Crippen LogP) is 3.19. The van der Waals surface area contributed by atoms with E-state index < -0.39 is 28.9 Å². The number of amides is 1. The number of halogens is 4. The topological polar surface area (TPSA) is 20.3 Å². The Kier molecular flexibility index (Phi) is 4.34. The van der Waals surface area contributed by atoms with Gasteiger partial charge in [-0.1, -0.05) is 0 Å². The summed E-state index contributed by atoms with van der Waals surface area (Å²) in [6, 6.07) is 1.73. The van der Waals surface area contributed by atoms with E-state index >= 15 is 0 Å². The number of alkyl halides is 1. The van der Waals surface area contributed by atoms with Crippen LogP contribution in [-0.4, -0.2) is 29.8 Å². The van der Waals surface area contributed by atoms with Crippen LogP contribution in [0, 0.1) is 23.4 Å². The van der Waals surface area contributed by atoms with Gasteiger partial charge in [-0.05, 0) is 30.9 Å². The van der Waals surface area contributed by atoms with E-state index in [0.29, 0.717) is 19.0 Å². The molecule has 1 amide bonds. The minimum absolute atomic E-state index is 0.160. The van der Waals surface area contributed by atoms with Gasteiger partial charge in [-0.15, -0.1) is 11.6 Å². The van der Waals surface area contributed by atoms with Gasteiger partial charge < -0.3 is 4.90 Å². The molecule has 6 heteroatoms. The molecule has 19 heavy (non-hydrogen) atoms. The molecule has 1 aliphatic heterocycles. The van der Waals surface area contributed by atoms with Crippen molar-refractivity contribution in [3.05, 3.63) is 35.1 Å². The zero-order valence-corrected chi connectivity index (χ0v) is 10.9. The fourth-order valence-electron chi connectivity index (χ4n) is 2.24. The number of likely N-dealkylation sites (tertiary alicyclic amines) is 1. The molecule has 1 fully saturated rings. The number of nitrogens with zero attached hydrogens (tertiary/aromatic N) is 1. The quantitative estimate of drug-likeness (QED) is 0.605. The van der Waals surface area contributed by atoms with Crippen molar-refractivity contribution in [1.29, 1.82) is 0 Å². The largest absolute Gasteiger partial charge is 0.338 e. The lowest BCUT2D eigenvalue weighted by molar-refractivity contribution is 0.0678. The van der Waals surface area contributed by atoms with Gasteiger partial charge in [-0.3, -0.25) is 4.79 Å². The highest BCUT2D eigenvalue weighted by atomic mass is 35.5. The van der Waals surface area contributed by atoms with E-state index in [-0.39, 0.29) is 5.92 Å². The molecule has 0 saturated carbocycles. The van der Waals surface area contributed by atoms with Gasteiger partial charge in [0.1, 0.15) is 0 Å². The van der Waals surface area contributed by atoms with Gasteiger partial charge >= 0.3 is 0 Å². The first-order valence-corrected chi connectivity index (χ1v) is 6.56. The van der Waals surface area contributed by atoms with Crippen LogP contribution in [0.15, 0.2) is 12.1 Å². The van der Waals surface area contributed by atoms with Crippen molar-refractivity contribution in [2.45, 2.75) is 12.8 Å². The third kappa shape index (κ3) is 2.86. The molecule has 1 atom stereocenters. The Labute approximate surface area is 114 Å². The summed E-state index contributed by atoms with van der Waals surface area (Å²) >= 11 is 5.75. The normalized spacial score (nSPS) is 19.6. The Morgan fingerprint density at radius 3 is 2.74 bits per heavy atom. The molecule has 0 radical (unpaired) electrons. The van der Waals surface area contributed by atoms with Gasteiger partial charge in [0, 0.05) is 19.0 Å². The Hall–Kier alpha value is -1.23. The zero-order valence-electron chi connectivity index (χ0n) is 10.1. The van der Waals surface area contributed by atoms with Crippen molar-refractivity contribution < 1.29 is 18.0 Å². The molecule has 1 aromatic carbocycles. The molecule has 0 aromatic heterocycles. The highest BCUT2D eigenvalue weighted by Crippen LogP contribution is 2.22. The highest BCUT2D eigenvalue weighted by molar-refractivity contribution is 6.18. The maximum absolute atomic E-state index is 13.6. The first-order valence-electron chi connectivity index (χ1n) is 6.03. The molecular formula is C13H13ClF3NO. The van der Waals surface area contributed by atoms with Crippen molar-refractivity contribution in [3.63, 3.8) is 0 Å². The van der Waals surface area contributed by atoms with Crippen molar-refractivity contribution in [2.75, 3.05) is 19.0 Å². The lowest BCUT2D eigenvalue weighted by Crippen LogP contribution is -2.40. The van der Waals surface area contributed by atoms with Crippen LogP contribution >= 0.6 is 11.6 Å². The van der Waals surface area contributed by atoms with Crippen LogP contribution in [-0.2, 0) is 0 Å². The number of carbonyl (C=O) groups excluding carboxylic acids is 1. The number of hydrogen-bond donors (Lipinski definition) is 0. The lowest BCUT2D eigenvalue weighted by atomic mass is 9.99. The molecule has 1 saturated heterocycles. The van der Waals surface area contributed by atoms with Gasteiger partial charge in [-0.25, -0.2) is 13.2 Å². The fraction of sp³-hybridized carbons (Fsp3) is 0.462. The predicted molar refractivity (Wildman–Crippen MR) is 65.7 cm³/mol. The lowest BCUT2D eigenvalue weighted by Gasteiger charge is -2.32. The van der Waals surface area contributed by atoms with Gasteiger partial charge in [0.15, 0.2) is 17.5 Å². The minimum Gasteiger partial charge on any atom is -0.338 e. The summed E-state index contributed by atoms with van der Waals surface area (Å²) in [5.74, 6) is -4.38. The van der Waals surface area contributed by atoms with E-state index in [0.717, 1.165) is 25.0 Å². The molecule has 104 valence electrons. The number of rotatable bonds is 2. The van der Waals surface area contributed by atoms with Crippen LogP contribution in [0.3, 0.4) is 0 Å². The standard InChI is InChI=1S/C13H13ClF3NO/c14-6-8-2-1-5-18(7-8)13(19)9-3-4-10(15)12(17)11(9)16/h3-4,8H,1-2,5-7H2. The van der Waals surface area contributed by atoms with E-state index in [2.05, 4.69) is 0 Å². The molecule has 2 rings (SSSR count). The molecule has 1 aliphatic rings. The maximum atomic E-state index is 13.6. The average Bonchev–Trinajstić information content (AvgIpc) is 2.44. The molecule has 1 aromatic rings. The molecule has 0 aliphatic carbocycles. The van der Waals surface area contributed by atoms with Crippen LogP contribution in [0.5, 0.6) is 0 Å². The fourth-order valence-corrected chi connectivity index (χ4v) is 2.49. The third-order valence-electron chi connectivity index (χ3n) is 3.29. The molecule has 0 bridgehead atoms. The SMILES string of the molecule is O=C(c1ccc(F)c(F)c1F)N1CCCC(CCl)C1. The zero-order chi connectivity index (χ0) is 14.0. The van der Waals surface area contributed by atoms with Crippen molar-refractivity contribution in [1.82, 2.24) is 4.90 Å². The Balaban J connectivity index is 2.22. The summed E-state index contributed by atoms with van der Waals surface area (Å²) in [5.41, 5.74) is -0.436. The van der Waals surface area contributed by atoms with Crippen molar-refractivity contribution in [3.8, 4) is 0 Å². The first kappa shape index (κ1) is 14.2. The summed E-state index contributed by atoms with van der Waals surface area (Å²) < 4.78 is 39.5. The van der Waals surface area contributed by atoms with Crippen LogP contribution in [0.1, 0.15) is 23.2 Å². The summed E-state index contributed by atoms with van der Waals surface area (Å²) in [7, 11) is 0.